The maximum atomic E-state index is 3.48. The molecule has 2 aliphatic rings. The van der Waals surface area contributed by atoms with Gasteiger partial charge in [0.2, 0.25) is 0 Å². The lowest BCUT2D eigenvalue weighted by Gasteiger charge is -2.08. The zero-order valence-electron chi connectivity index (χ0n) is 5.85. The highest BCUT2D eigenvalue weighted by molar-refractivity contribution is 5.13. The van der Waals surface area contributed by atoms with Gasteiger partial charge in [0, 0.05) is 11.7 Å². The third kappa shape index (κ3) is 0.752. The molecule has 0 saturated heterocycles. The van der Waals surface area contributed by atoms with E-state index in [0.717, 1.165) is 12.0 Å². The molecule has 9 heavy (non-hydrogen) atoms. The highest BCUT2D eigenvalue weighted by atomic mass is 15.0. The molecule has 1 heteroatoms. The van der Waals surface area contributed by atoms with Crippen molar-refractivity contribution in [1.82, 2.24) is 5.32 Å². The summed E-state index contributed by atoms with van der Waals surface area (Å²) in [6.45, 7) is 2.16. The lowest BCUT2D eigenvalue weighted by atomic mass is 10.1. The minimum Gasteiger partial charge on any atom is -0.385 e. The Balaban J connectivity index is 2.13. The van der Waals surface area contributed by atoms with E-state index in [2.05, 4.69) is 18.3 Å². The van der Waals surface area contributed by atoms with Crippen LogP contribution in [0.1, 0.15) is 26.2 Å². The van der Waals surface area contributed by atoms with Crippen LogP contribution in [0.3, 0.4) is 0 Å². The van der Waals surface area contributed by atoms with Gasteiger partial charge in [-0.3, -0.25) is 0 Å². The third-order valence-electron chi connectivity index (χ3n) is 2.45. The van der Waals surface area contributed by atoms with Crippen LogP contribution in [-0.2, 0) is 0 Å². The predicted molar refractivity (Wildman–Crippen MR) is 38.0 cm³/mol. The van der Waals surface area contributed by atoms with E-state index in [0.29, 0.717) is 0 Å². The molecule has 1 heterocycles. The predicted octanol–water partition coefficient (Wildman–Crippen LogP) is 1.66. The van der Waals surface area contributed by atoms with Crippen LogP contribution in [0, 0.1) is 5.92 Å². The minimum atomic E-state index is 0.810. The van der Waals surface area contributed by atoms with Crippen LogP contribution in [0.4, 0.5) is 0 Å². The molecule has 1 fully saturated rings. The van der Waals surface area contributed by atoms with Gasteiger partial charge in [0.25, 0.3) is 0 Å². The average molecular weight is 123 g/mol. The van der Waals surface area contributed by atoms with Crippen molar-refractivity contribution in [2.24, 2.45) is 5.92 Å². The molecule has 0 spiro atoms. The van der Waals surface area contributed by atoms with E-state index in [4.69, 9.17) is 0 Å². The number of hydrogen-bond acceptors (Lipinski definition) is 1. The van der Waals surface area contributed by atoms with Crippen molar-refractivity contribution in [3.05, 3.63) is 11.8 Å². The smallest absolute Gasteiger partial charge is 0.0321 e. The van der Waals surface area contributed by atoms with Gasteiger partial charge in [-0.1, -0.05) is 12.5 Å². The Hall–Kier alpha value is -0.460. The largest absolute Gasteiger partial charge is 0.385 e. The van der Waals surface area contributed by atoms with Gasteiger partial charge in [-0.2, -0.15) is 0 Å². The minimum absolute atomic E-state index is 0.810. The number of hydrogen-bond donors (Lipinski definition) is 1. The van der Waals surface area contributed by atoms with Gasteiger partial charge in [-0.15, -0.1) is 0 Å². The van der Waals surface area contributed by atoms with Crippen LogP contribution in [0.15, 0.2) is 11.8 Å². The van der Waals surface area contributed by atoms with E-state index < -0.39 is 0 Å². The van der Waals surface area contributed by atoms with Crippen molar-refractivity contribution in [3.63, 3.8) is 0 Å². The monoisotopic (exact) mass is 123 g/mol. The Morgan fingerprint density at radius 2 is 2.44 bits per heavy atom. The Labute approximate surface area is 56.1 Å². The second-order valence-corrected chi connectivity index (χ2v) is 3.20. The number of nitrogens with one attached hydrogen (secondary N) is 1. The van der Waals surface area contributed by atoms with E-state index in [1.165, 1.54) is 25.0 Å². The summed E-state index contributed by atoms with van der Waals surface area (Å²) in [6, 6.07) is 0.810. The Bertz CT molecular complexity index is 149. The number of fused-ring (bicyclic) bond motifs is 1. The number of allylic oxidation sites excluding steroid dienone is 1. The standard InChI is InChI=1S/C8H13N/c1-6-5-7-3-2-4-8(7)9-6/h5,7-9H,2-4H2,1H3/t7-,8+/m1/s1. The molecule has 0 radical (unpaired) electrons. The van der Waals surface area contributed by atoms with Crippen LogP contribution < -0.4 is 5.32 Å². The van der Waals surface area contributed by atoms with E-state index >= 15 is 0 Å². The summed E-state index contributed by atoms with van der Waals surface area (Å²) in [7, 11) is 0. The van der Waals surface area contributed by atoms with E-state index in [1.54, 1.807) is 0 Å². The van der Waals surface area contributed by atoms with Crippen LogP contribution >= 0.6 is 0 Å². The van der Waals surface area contributed by atoms with Crippen molar-refractivity contribution in [3.8, 4) is 0 Å². The maximum Gasteiger partial charge on any atom is 0.0321 e. The van der Waals surface area contributed by atoms with Crippen LogP contribution in [0.5, 0.6) is 0 Å². The van der Waals surface area contributed by atoms with E-state index in [1.807, 2.05) is 0 Å². The molecule has 1 saturated carbocycles. The summed E-state index contributed by atoms with van der Waals surface area (Å²) < 4.78 is 0. The zero-order valence-corrected chi connectivity index (χ0v) is 5.85. The molecule has 1 aliphatic carbocycles. The third-order valence-corrected chi connectivity index (χ3v) is 2.45. The average Bonchev–Trinajstić information content (AvgIpc) is 2.22. The first-order valence-electron chi connectivity index (χ1n) is 3.81. The molecule has 0 bridgehead atoms. The van der Waals surface area contributed by atoms with Crippen LogP contribution in [0.25, 0.3) is 0 Å². The fourth-order valence-corrected chi connectivity index (χ4v) is 2.03. The first-order chi connectivity index (χ1) is 4.36. The second-order valence-electron chi connectivity index (χ2n) is 3.20. The molecule has 0 aromatic heterocycles. The number of rotatable bonds is 0. The molecule has 0 amide bonds. The Morgan fingerprint density at radius 3 is 3.22 bits per heavy atom. The van der Waals surface area contributed by atoms with Crippen molar-refractivity contribution < 1.29 is 0 Å². The summed E-state index contributed by atoms with van der Waals surface area (Å²) in [5.41, 5.74) is 1.39. The fourth-order valence-electron chi connectivity index (χ4n) is 2.03. The Kier molecular flexibility index (Phi) is 1.04. The molecule has 1 N–H and O–H groups in total. The molecule has 2 atom stereocenters. The molecule has 0 aromatic carbocycles. The lowest BCUT2D eigenvalue weighted by molar-refractivity contribution is 0.548. The van der Waals surface area contributed by atoms with Crippen LogP contribution in [-0.4, -0.2) is 6.04 Å². The first-order valence-corrected chi connectivity index (χ1v) is 3.81. The molecule has 0 unspecified atom stereocenters. The van der Waals surface area contributed by atoms with Gasteiger partial charge in [0.05, 0.1) is 0 Å². The van der Waals surface area contributed by atoms with Crippen LogP contribution in [0.2, 0.25) is 0 Å². The summed E-state index contributed by atoms with van der Waals surface area (Å²) in [5, 5.41) is 3.48. The van der Waals surface area contributed by atoms with E-state index in [-0.39, 0.29) is 0 Å². The van der Waals surface area contributed by atoms with Crippen molar-refractivity contribution in [2.75, 3.05) is 0 Å². The molecule has 1 nitrogen and oxygen atoms in total. The fraction of sp³-hybridized carbons (Fsp3) is 0.750. The van der Waals surface area contributed by atoms with Gasteiger partial charge in [-0.05, 0) is 25.7 Å². The maximum absolute atomic E-state index is 3.48. The Morgan fingerprint density at radius 1 is 1.56 bits per heavy atom. The highest BCUT2D eigenvalue weighted by Crippen LogP contribution is 2.31. The normalized spacial score (nSPS) is 39.9. The molecule has 1 aliphatic heterocycles. The van der Waals surface area contributed by atoms with Gasteiger partial charge in [0.15, 0.2) is 0 Å². The summed E-state index contributed by atoms with van der Waals surface area (Å²) >= 11 is 0. The zero-order chi connectivity index (χ0) is 6.27. The summed E-state index contributed by atoms with van der Waals surface area (Å²) in [5.74, 6) is 0.880. The van der Waals surface area contributed by atoms with Gasteiger partial charge in [-0.25, -0.2) is 0 Å². The SMILES string of the molecule is CC1=C[C@H]2CCC[C@@H]2N1. The molecular weight excluding hydrogens is 110 g/mol. The second kappa shape index (κ2) is 1.76. The van der Waals surface area contributed by atoms with Crippen molar-refractivity contribution >= 4 is 0 Å². The highest BCUT2D eigenvalue weighted by Gasteiger charge is 2.29. The topological polar surface area (TPSA) is 12.0 Å². The van der Waals surface area contributed by atoms with Gasteiger partial charge >= 0.3 is 0 Å². The lowest BCUT2D eigenvalue weighted by Crippen LogP contribution is -2.22. The van der Waals surface area contributed by atoms with E-state index in [9.17, 15) is 0 Å². The first kappa shape index (κ1) is 5.33. The molecule has 0 aromatic rings. The molecule has 2 rings (SSSR count). The molecule has 50 valence electrons. The quantitative estimate of drug-likeness (QED) is 0.516. The summed E-state index contributed by atoms with van der Waals surface area (Å²) in [6.07, 6.45) is 6.61. The summed E-state index contributed by atoms with van der Waals surface area (Å²) in [4.78, 5) is 0. The molecular formula is C8H13N. The van der Waals surface area contributed by atoms with Crippen molar-refractivity contribution in [2.45, 2.75) is 32.2 Å². The van der Waals surface area contributed by atoms with Crippen molar-refractivity contribution in [1.29, 1.82) is 0 Å². The van der Waals surface area contributed by atoms with Gasteiger partial charge in [0.1, 0.15) is 0 Å². The van der Waals surface area contributed by atoms with Gasteiger partial charge < -0.3 is 5.32 Å².